The van der Waals surface area contributed by atoms with Crippen LogP contribution in [-0.2, 0) is 6.54 Å². The molecule has 1 N–H and O–H groups in total. The van der Waals surface area contributed by atoms with E-state index in [0.29, 0.717) is 44.0 Å². The van der Waals surface area contributed by atoms with E-state index in [9.17, 15) is 9.59 Å². The van der Waals surface area contributed by atoms with Crippen LogP contribution in [0.3, 0.4) is 0 Å². The van der Waals surface area contributed by atoms with Crippen molar-refractivity contribution in [2.24, 2.45) is 0 Å². The first kappa shape index (κ1) is 18.7. The van der Waals surface area contributed by atoms with Crippen LogP contribution in [0.5, 0.6) is 0 Å². The Bertz CT molecular complexity index is 967. The van der Waals surface area contributed by atoms with Crippen LogP contribution in [0, 0.1) is 0 Å². The summed E-state index contributed by atoms with van der Waals surface area (Å²) in [5.41, 5.74) is 1.54. The average molecular weight is 391 g/mol. The summed E-state index contributed by atoms with van der Waals surface area (Å²) in [6.07, 6.45) is 6.53. The molecule has 1 fully saturated rings. The molecule has 29 heavy (non-hydrogen) atoms. The van der Waals surface area contributed by atoms with E-state index < -0.39 is 0 Å². The predicted octanol–water partition coefficient (Wildman–Crippen LogP) is 1.96. The van der Waals surface area contributed by atoms with Gasteiger partial charge in [-0.1, -0.05) is 0 Å². The maximum atomic E-state index is 12.5. The van der Waals surface area contributed by atoms with E-state index in [1.165, 1.54) is 6.26 Å². The van der Waals surface area contributed by atoms with Gasteiger partial charge in [0.05, 0.1) is 6.26 Å². The van der Waals surface area contributed by atoms with Crippen LogP contribution in [0.25, 0.3) is 0 Å². The molecule has 0 saturated carbocycles. The minimum atomic E-state index is -0.155. The maximum Gasteiger partial charge on any atom is 0.289 e. The molecule has 1 aliphatic rings. The number of furan rings is 1. The molecule has 0 unspecified atom stereocenters. The highest BCUT2D eigenvalue weighted by Crippen LogP contribution is 2.17. The number of rotatable bonds is 5. The van der Waals surface area contributed by atoms with Crippen LogP contribution in [0.1, 0.15) is 26.5 Å². The lowest BCUT2D eigenvalue weighted by Crippen LogP contribution is -2.49. The van der Waals surface area contributed by atoms with Crippen molar-refractivity contribution in [1.82, 2.24) is 20.2 Å². The fourth-order valence-corrected chi connectivity index (χ4v) is 3.21. The highest BCUT2D eigenvalue weighted by Gasteiger charge is 2.24. The van der Waals surface area contributed by atoms with Gasteiger partial charge < -0.3 is 19.5 Å². The first-order chi connectivity index (χ1) is 14.2. The van der Waals surface area contributed by atoms with Crippen LogP contribution in [-0.4, -0.2) is 52.9 Å². The van der Waals surface area contributed by atoms with E-state index in [0.717, 1.165) is 11.4 Å². The number of pyridine rings is 2. The lowest BCUT2D eigenvalue weighted by atomic mass is 10.2. The van der Waals surface area contributed by atoms with Crippen LogP contribution in [0.15, 0.2) is 65.7 Å². The molecule has 1 saturated heterocycles. The topological polar surface area (TPSA) is 91.6 Å². The number of aromatic nitrogens is 2. The molecule has 0 radical (unpaired) electrons. The van der Waals surface area contributed by atoms with Crippen molar-refractivity contribution in [2.75, 3.05) is 31.1 Å². The summed E-state index contributed by atoms with van der Waals surface area (Å²) in [7, 11) is 0. The van der Waals surface area contributed by atoms with Gasteiger partial charge in [0.25, 0.3) is 11.8 Å². The maximum absolute atomic E-state index is 12.5. The Balaban J connectivity index is 1.35. The van der Waals surface area contributed by atoms with Gasteiger partial charge in [-0.15, -0.1) is 0 Å². The van der Waals surface area contributed by atoms with Gasteiger partial charge in [0.15, 0.2) is 5.76 Å². The van der Waals surface area contributed by atoms with Gasteiger partial charge >= 0.3 is 0 Å². The normalized spacial score (nSPS) is 13.9. The van der Waals surface area contributed by atoms with Crippen molar-refractivity contribution in [1.29, 1.82) is 0 Å². The summed E-state index contributed by atoms with van der Waals surface area (Å²) >= 11 is 0. The van der Waals surface area contributed by atoms with E-state index in [-0.39, 0.29) is 11.8 Å². The minimum absolute atomic E-state index is 0.105. The number of nitrogens with zero attached hydrogens (tertiary/aromatic N) is 4. The van der Waals surface area contributed by atoms with Gasteiger partial charge in [0.2, 0.25) is 0 Å². The number of anilines is 1. The van der Waals surface area contributed by atoms with Crippen molar-refractivity contribution in [3.63, 3.8) is 0 Å². The first-order valence-electron chi connectivity index (χ1n) is 9.41. The molecule has 4 heterocycles. The fourth-order valence-electron chi connectivity index (χ4n) is 3.21. The van der Waals surface area contributed by atoms with Crippen LogP contribution in [0.4, 0.5) is 5.82 Å². The van der Waals surface area contributed by atoms with Crippen LogP contribution >= 0.6 is 0 Å². The summed E-state index contributed by atoms with van der Waals surface area (Å²) in [5, 5.41) is 2.91. The first-order valence-corrected chi connectivity index (χ1v) is 9.41. The summed E-state index contributed by atoms with van der Waals surface area (Å²) in [6, 6.07) is 10.6. The quantitative estimate of drug-likeness (QED) is 0.715. The highest BCUT2D eigenvalue weighted by atomic mass is 16.3. The van der Waals surface area contributed by atoms with Gasteiger partial charge in [-0.3, -0.25) is 14.6 Å². The van der Waals surface area contributed by atoms with Gasteiger partial charge in [-0.2, -0.15) is 0 Å². The van der Waals surface area contributed by atoms with E-state index in [1.807, 2.05) is 12.1 Å². The molecular formula is C21H21N5O3. The largest absolute Gasteiger partial charge is 0.459 e. The standard InChI is InChI=1S/C21H21N5O3/c27-20(24-15-16-3-6-22-7-4-16)17-5-8-23-19(14-17)25-9-11-26(12-10-25)21(28)18-2-1-13-29-18/h1-8,13-14H,9-12,15H2,(H,24,27). The molecule has 8 nitrogen and oxygen atoms in total. The third-order valence-corrected chi connectivity index (χ3v) is 4.83. The van der Waals surface area contributed by atoms with Gasteiger partial charge in [0.1, 0.15) is 5.82 Å². The van der Waals surface area contributed by atoms with Crippen molar-refractivity contribution in [3.05, 3.63) is 78.1 Å². The SMILES string of the molecule is O=C(NCc1ccncc1)c1ccnc(N2CCN(C(=O)c3ccco3)CC2)c1. The number of carbonyl (C=O) groups excluding carboxylic acids is 2. The molecule has 0 aromatic carbocycles. The molecule has 0 aliphatic carbocycles. The molecule has 8 heteroatoms. The third kappa shape index (κ3) is 4.43. The molecule has 0 bridgehead atoms. The Morgan fingerprint density at radius 3 is 2.55 bits per heavy atom. The van der Waals surface area contributed by atoms with Gasteiger partial charge in [-0.05, 0) is 42.0 Å². The molecule has 2 amide bonds. The third-order valence-electron chi connectivity index (χ3n) is 4.83. The monoisotopic (exact) mass is 391 g/mol. The Hall–Kier alpha value is -3.68. The Kier molecular flexibility index (Phi) is 5.51. The van der Waals surface area contributed by atoms with Crippen molar-refractivity contribution in [2.45, 2.75) is 6.54 Å². The predicted molar refractivity (Wildman–Crippen MR) is 106 cm³/mol. The number of hydrogen-bond donors (Lipinski definition) is 1. The van der Waals surface area contributed by atoms with E-state index >= 15 is 0 Å². The Morgan fingerprint density at radius 2 is 1.83 bits per heavy atom. The average Bonchev–Trinajstić information content (AvgIpc) is 3.33. The Morgan fingerprint density at radius 1 is 1.03 bits per heavy atom. The molecule has 0 atom stereocenters. The number of hydrogen-bond acceptors (Lipinski definition) is 6. The second-order valence-corrected chi connectivity index (χ2v) is 6.70. The number of amides is 2. The number of piperazine rings is 1. The minimum Gasteiger partial charge on any atom is -0.459 e. The molecule has 148 valence electrons. The molecular weight excluding hydrogens is 370 g/mol. The van der Waals surface area contributed by atoms with Crippen molar-refractivity contribution >= 4 is 17.6 Å². The van der Waals surface area contributed by atoms with Gasteiger partial charge in [-0.25, -0.2) is 4.98 Å². The molecule has 3 aromatic heterocycles. The highest BCUT2D eigenvalue weighted by molar-refractivity contribution is 5.94. The van der Waals surface area contributed by atoms with E-state index in [4.69, 9.17) is 4.42 Å². The summed E-state index contributed by atoms with van der Waals surface area (Å²) in [4.78, 5) is 37.1. The summed E-state index contributed by atoms with van der Waals surface area (Å²) < 4.78 is 5.19. The van der Waals surface area contributed by atoms with Gasteiger partial charge in [0, 0.05) is 56.9 Å². The molecule has 1 aliphatic heterocycles. The van der Waals surface area contributed by atoms with Crippen molar-refractivity contribution in [3.8, 4) is 0 Å². The Labute approximate surface area is 168 Å². The van der Waals surface area contributed by atoms with E-state index in [2.05, 4.69) is 20.2 Å². The van der Waals surface area contributed by atoms with Crippen molar-refractivity contribution < 1.29 is 14.0 Å². The molecule has 4 rings (SSSR count). The fraction of sp³-hybridized carbons (Fsp3) is 0.238. The van der Waals surface area contributed by atoms with Crippen LogP contribution in [0.2, 0.25) is 0 Å². The zero-order valence-electron chi connectivity index (χ0n) is 15.8. The zero-order valence-corrected chi connectivity index (χ0v) is 15.8. The molecule has 3 aromatic rings. The lowest BCUT2D eigenvalue weighted by Gasteiger charge is -2.35. The second kappa shape index (κ2) is 8.55. The number of nitrogens with one attached hydrogen (secondary N) is 1. The molecule has 0 spiro atoms. The second-order valence-electron chi connectivity index (χ2n) is 6.70. The lowest BCUT2D eigenvalue weighted by molar-refractivity contribution is 0.0714. The summed E-state index contributed by atoms with van der Waals surface area (Å²) in [5.74, 6) is 0.819. The van der Waals surface area contributed by atoms with Crippen LogP contribution < -0.4 is 10.2 Å². The van der Waals surface area contributed by atoms with E-state index in [1.54, 1.807) is 47.8 Å². The number of carbonyl (C=O) groups is 2. The smallest absolute Gasteiger partial charge is 0.289 e. The summed E-state index contributed by atoms with van der Waals surface area (Å²) in [6.45, 7) is 2.86. The zero-order chi connectivity index (χ0) is 20.1.